The molecule has 3 aromatic carbocycles. The monoisotopic (exact) mass is 568 g/mol. The molecule has 0 N–H and O–H groups in total. The standard InChI is InChI=1S/3C9H10O.C6H7.Zr/c3*1-2-5-8-6-3-4-7-9(8)10;1-6-4-2-3-5-6;/h3*2-4,6-7,10H,1,5H2;2,4H,3H2,1H3;/q;;;;+3/p-3. The minimum absolute atomic E-state index is 0.0994. The van der Waals surface area contributed by atoms with Crippen LogP contribution in [0.2, 0.25) is 0 Å². The number of hydrogen-bond donors (Lipinski definition) is 0. The predicted molar refractivity (Wildman–Crippen MR) is 146 cm³/mol. The molecule has 0 saturated carbocycles. The van der Waals surface area contributed by atoms with Gasteiger partial charge in [-0.3, -0.25) is 0 Å². The van der Waals surface area contributed by atoms with Gasteiger partial charge in [0, 0.05) is 0 Å². The maximum absolute atomic E-state index is 11.0. The summed E-state index contributed by atoms with van der Waals surface area (Å²) in [5, 5.41) is 32.9. The van der Waals surface area contributed by atoms with E-state index in [-0.39, 0.29) is 17.2 Å². The van der Waals surface area contributed by atoms with E-state index in [1.807, 2.05) is 36.4 Å². The number of allylic oxidation sites excluding steroid dienone is 7. The van der Waals surface area contributed by atoms with Gasteiger partial charge in [-0.05, 0) is 19.3 Å². The molecule has 1 aliphatic rings. The summed E-state index contributed by atoms with van der Waals surface area (Å²) in [4.78, 5) is 0. The molecule has 0 radical (unpaired) electrons. The van der Waals surface area contributed by atoms with E-state index in [9.17, 15) is 15.3 Å². The molecule has 0 saturated heterocycles. The number of para-hydroxylation sites is 3. The first-order valence-corrected chi connectivity index (χ1v) is 13.2. The van der Waals surface area contributed by atoms with Crippen LogP contribution in [0.4, 0.5) is 0 Å². The third-order valence-corrected chi connectivity index (χ3v) is 6.65. The van der Waals surface area contributed by atoms with Gasteiger partial charge in [0.2, 0.25) is 0 Å². The van der Waals surface area contributed by atoms with E-state index in [0.717, 1.165) is 16.7 Å². The Balaban J connectivity index is 0.000000249. The number of rotatable bonds is 6. The van der Waals surface area contributed by atoms with Gasteiger partial charge < -0.3 is 15.3 Å². The molecule has 3 aromatic rings. The van der Waals surface area contributed by atoms with Crippen LogP contribution in [0.5, 0.6) is 17.2 Å². The van der Waals surface area contributed by atoms with Crippen molar-refractivity contribution >= 4 is 0 Å². The number of hydrogen-bond acceptors (Lipinski definition) is 3. The van der Waals surface area contributed by atoms with E-state index in [1.54, 1.807) is 82.6 Å². The molecule has 188 valence electrons. The van der Waals surface area contributed by atoms with Crippen LogP contribution < -0.4 is 15.3 Å². The molecule has 0 unspecified atom stereocenters. The van der Waals surface area contributed by atoms with Crippen LogP contribution >= 0.6 is 0 Å². The van der Waals surface area contributed by atoms with Crippen molar-refractivity contribution in [3.63, 3.8) is 0 Å². The first kappa shape index (κ1) is 31.7. The summed E-state index contributed by atoms with van der Waals surface area (Å²) in [6, 6.07) is 21.0. The first-order valence-electron chi connectivity index (χ1n) is 12.0. The Kier molecular flexibility index (Phi) is 16.1. The van der Waals surface area contributed by atoms with Crippen molar-refractivity contribution in [3.8, 4) is 17.2 Å². The molecule has 0 aliphatic heterocycles. The van der Waals surface area contributed by atoms with Gasteiger partial charge in [0.1, 0.15) is 0 Å². The van der Waals surface area contributed by atoms with Crippen LogP contribution in [0.25, 0.3) is 0 Å². The van der Waals surface area contributed by atoms with Crippen molar-refractivity contribution in [2.45, 2.75) is 32.6 Å². The Labute approximate surface area is 237 Å². The third kappa shape index (κ3) is 13.0. The molecule has 0 heterocycles. The fourth-order valence-electron chi connectivity index (χ4n) is 3.10. The number of benzene rings is 3. The second-order valence-electron chi connectivity index (χ2n) is 8.07. The van der Waals surface area contributed by atoms with Gasteiger partial charge in [-0.15, -0.1) is 37.0 Å². The Bertz CT molecular complexity index is 1070. The molecule has 4 rings (SSSR count). The van der Waals surface area contributed by atoms with E-state index < -0.39 is 0 Å². The van der Waals surface area contributed by atoms with E-state index in [0.29, 0.717) is 19.3 Å². The van der Waals surface area contributed by atoms with Crippen molar-refractivity contribution in [1.29, 1.82) is 0 Å². The topological polar surface area (TPSA) is 69.2 Å². The summed E-state index contributed by atoms with van der Waals surface area (Å²) in [6.45, 7) is 12.8. The summed E-state index contributed by atoms with van der Waals surface area (Å²) in [7, 11) is 0. The molecule has 3 nitrogen and oxygen atoms in total. The molecule has 0 atom stereocenters. The summed E-state index contributed by atoms with van der Waals surface area (Å²) in [5.74, 6) is 0.298. The normalized spacial score (nSPS) is 11.1. The van der Waals surface area contributed by atoms with E-state index in [4.69, 9.17) is 0 Å². The van der Waals surface area contributed by atoms with Gasteiger partial charge in [0.25, 0.3) is 0 Å². The van der Waals surface area contributed by atoms with Gasteiger partial charge in [-0.1, -0.05) is 108 Å². The first-order chi connectivity index (χ1) is 17.8. The summed E-state index contributed by atoms with van der Waals surface area (Å²) < 4.78 is 1.60. The van der Waals surface area contributed by atoms with Crippen molar-refractivity contribution in [3.05, 3.63) is 148 Å². The predicted octanol–water partition coefficient (Wildman–Crippen LogP) is 6.23. The van der Waals surface area contributed by atoms with E-state index in [1.165, 1.54) is 12.0 Å². The van der Waals surface area contributed by atoms with Crippen molar-refractivity contribution in [2.24, 2.45) is 0 Å². The van der Waals surface area contributed by atoms with Gasteiger partial charge >= 0.3 is 59.1 Å². The molecule has 4 heteroatoms. The molecule has 0 aromatic heterocycles. The van der Waals surface area contributed by atoms with Crippen LogP contribution in [0.1, 0.15) is 30.0 Å². The Hall–Kier alpha value is -3.36. The Morgan fingerprint density at radius 3 is 1.16 bits per heavy atom. The molecule has 0 spiro atoms. The zero-order chi connectivity index (χ0) is 27.5. The molecule has 0 fully saturated rings. The second kappa shape index (κ2) is 18.8. The van der Waals surface area contributed by atoms with Gasteiger partial charge in [-0.25, -0.2) is 0 Å². The van der Waals surface area contributed by atoms with Crippen LogP contribution in [0.3, 0.4) is 0 Å². The van der Waals surface area contributed by atoms with Gasteiger partial charge in [0.15, 0.2) is 0 Å². The van der Waals surface area contributed by atoms with E-state index in [2.05, 4.69) is 38.8 Å². The van der Waals surface area contributed by atoms with Crippen LogP contribution in [0, 0.1) is 0 Å². The Morgan fingerprint density at radius 1 is 0.649 bits per heavy atom. The minimum atomic E-state index is 0.0994. The summed E-state index contributed by atoms with van der Waals surface area (Å²) >= 11 is 1.58. The summed E-state index contributed by atoms with van der Waals surface area (Å²) in [5.41, 5.74) is 3.94. The van der Waals surface area contributed by atoms with Crippen LogP contribution in [0.15, 0.2) is 132 Å². The fourth-order valence-corrected chi connectivity index (χ4v) is 3.59. The molecule has 1 aliphatic carbocycles. The third-order valence-electron chi connectivity index (χ3n) is 5.18. The van der Waals surface area contributed by atoms with Crippen molar-refractivity contribution < 1.29 is 40.0 Å². The van der Waals surface area contributed by atoms with Gasteiger partial charge in [0.05, 0.1) is 0 Å². The maximum atomic E-state index is 11.0. The zero-order valence-electron chi connectivity index (χ0n) is 21.5. The quantitative estimate of drug-likeness (QED) is 0.330. The van der Waals surface area contributed by atoms with Crippen LogP contribution in [-0.2, 0) is 44.0 Å². The Morgan fingerprint density at radius 2 is 0.973 bits per heavy atom. The molecule has 37 heavy (non-hydrogen) atoms. The molecular formula is C33H34O3Zr. The van der Waals surface area contributed by atoms with Gasteiger partial charge in [-0.2, -0.15) is 0 Å². The SMILES string of the molecule is C=CCc1ccccc1[O-].C=CCc1ccccc1[O-].C=CCc1ccccc1[O-].CC1=[C]([Zr+3])CC=C1. The van der Waals surface area contributed by atoms with Crippen molar-refractivity contribution in [1.82, 2.24) is 0 Å². The molecule has 0 amide bonds. The molecule has 0 bridgehead atoms. The molecular weight excluding hydrogens is 536 g/mol. The van der Waals surface area contributed by atoms with E-state index >= 15 is 0 Å². The zero-order valence-corrected chi connectivity index (χ0v) is 23.9. The van der Waals surface area contributed by atoms with Crippen LogP contribution in [-0.4, -0.2) is 0 Å². The second-order valence-corrected chi connectivity index (χ2v) is 9.55. The average Bonchev–Trinajstić information content (AvgIpc) is 3.27. The summed E-state index contributed by atoms with van der Waals surface area (Å²) in [6.07, 6.45) is 12.8. The van der Waals surface area contributed by atoms with Crippen molar-refractivity contribution in [2.75, 3.05) is 0 Å². The fraction of sp³-hybridized carbons (Fsp3) is 0.152. The average molecular weight is 570 g/mol.